The Kier molecular flexibility index (Phi) is 10.0. The van der Waals surface area contributed by atoms with Gasteiger partial charge in [0.05, 0.1) is 0 Å². The normalized spacial score (nSPS) is 13.6. The van der Waals surface area contributed by atoms with Crippen LogP contribution in [0.3, 0.4) is 0 Å². The first-order chi connectivity index (χ1) is 14.5. The highest BCUT2D eigenvalue weighted by molar-refractivity contribution is 7.80. The summed E-state index contributed by atoms with van der Waals surface area (Å²) in [7, 11) is 0. The molecule has 13 heteroatoms. The van der Waals surface area contributed by atoms with Crippen molar-refractivity contribution in [1.29, 1.82) is 0 Å². The zero-order valence-electron chi connectivity index (χ0n) is 16.3. The zero-order valence-corrected chi connectivity index (χ0v) is 17.2. The molecule has 8 N–H and O–H groups in total. The number of aliphatic hydroxyl groups is 1. The Morgan fingerprint density at radius 1 is 1.10 bits per heavy atom. The molecule has 0 saturated carbocycles. The molecule has 0 saturated heterocycles. The predicted molar refractivity (Wildman–Crippen MR) is 109 cm³/mol. The number of aromatic hydroxyl groups is 2. The van der Waals surface area contributed by atoms with Gasteiger partial charge in [-0.3, -0.25) is 14.4 Å². The van der Waals surface area contributed by atoms with Gasteiger partial charge < -0.3 is 41.5 Å². The van der Waals surface area contributed by atoms with Crippen LogP contribution in [0.25, 0.3) is 0 Å². The van der Waals surface area contributed by atoms with Crippen molar-refractivity contribution < 1.29 is 44.7 Å². The highest BCUT2D eigenvalue weighted by Crippen LogP contribution is 2.27. The number of amides is 2. The topological polar surface area (TPSA) is 211 Å². The number of carboxylic acids is 2. The summed E-state index contributed by atoms with van der Waals surface area (Å²) in [6.07, 6.45) is -2.96. The van der Waals surface area contributed by atoms with E-state index in [0.717, 1.165) is 0 Å². The molecule has 0 aromatic heterocycles. The lowest BCUT2D eigenvalue weighted by Gasteiger charge is -2.29. The van der Waals surface area contributed by atoms with E-state index in [4.69, 9.17) is 15.9 Å². The number of aliphatic hydroxyl groups excluding tert-OH is 1. The van der Waals surface area contributed by atoms with Gasteiger partial charge >= 0.3 is 11.9 Å². The second-order valence-corrected chi connectivity index (χ2v) is 6.92. The number of hydrogen-bond acceptors (Lipinski definition) is 9. The average Bonchev–Trinajstić information content (AvgIpc) is 2.71. The molecular formula is C18H25N3O9S. The Labute approximate surface area is 182 Å². The van der Waals surface area contributed by atoms with Gasteiger partial charge in [-0.2, -0.15) is 12.6 Å². The molecule has 0 aliphatic heterocycles. The van der Waals surface area contributed by atoms with Crippen molar-refractivity contribution in [3.05, 3.63) is 23.8 Å². The summed E-state index contributed by atoms with van der Waals surface area (Å²) < 4.78 is 0. The van der Waals surface area contributed by atoms with Gasteiger partial charge in [-0.25, -0.2) is 4.79 Å². The van der Waals surface area contributed by atoms with E-state index in [1.807, 2.05) is 0 Å². The lowest BCUT2D eigenvalue weighted by molar-refractivity contribution is -0.166. The lowest BCUT2D eigenvalue weighted by Crippen LogP contribution is -2.55. The Bertz CT molecular complexity index is 800. The summed E-state index contributed by atoms with van der Waals surface area (Å²) in [6, 6.07) is 1.35. The molecule has 0 fully saturated rings. The number of aliphatic carboxylic acids is 2. The van der Waals surface area contributed by atoms with Crippen molar-refractivity contribution in [2.75, 3.05) is 12.3 Å². The maximum atomic E-state index is 12.8. The Morgan fingerprint density at radius 3 is 2.16 bits per heavy atom. The fraction of sp³-hybridized carbons (Fsp3) is 0.444. The van der Waals surface area contributed by atoms with Crippen molar-refractivity contribution in [1.82, 2.24) is 10.2 Å². The summed E-state index contributed by atoms with van der Waals surface area (Å²) in [5, 5.41) is 49.8. The molecule has 1 rings (SSSR count). The summed E-state index contributed by atoms with van der Waals surface area (Å²) in [5.41, 5.74) is 5.35. The fourth-order valence-corrected chi connectivity index (χ4v) is 2.85. The summed E-state index contributed by atoms with van der Waals surface area (Å²) in [6.45, 7) is -0.415. The average molecular weight is 459 g/mol. The number of rotatable bonds is 12. The van der Waals surface area contributed by atoms with Crippen LogP contribution in [-0.4, -0.2) is 84.8 Å². The molecule has 0 aliphatic rings. The van der Waals surface area contributed by atoms with Crippen molar-refractivity contribution in [3.8, 4) is 11.5 Å². The second kappa shape index (κ2) is 12.0. The third kappa shape index (κ3) is 7.62. The van der Waals surface area contributed by atoms with Gasteiger partial charge in [-0.1, -0.05) is 6.07 Å². The zero-order chi connectivity index (χ0) is 23.7. The molecule has 0 bridgehead atoms. The number of carboxylic acid groups (broad SMARTS) is 2. The summed E-state index contributed by atoms with van der Waals surface area (Å²) in [5.74, 6) is -5.54. The Balaban J connectivity index is 2.93. The van der Waals surface area contributed by atoms with Gasteiger partial charge in [0, 0.05) is 24.3 Å². The number of benzene rings is 1. The van der Waals surface area contributed by atoms with E-state index in [0.29, 0.717) is 4.90 Å². The van der Waals surface area contributed by atoms with Crippen molar-refractivity contribution in [3.63, 3.8) is 0 Å². The van der Waals surface area contributed by atoms with Crippen LogP contribution in [0.15, 0.2) is 18.2 Å². The second-order valence-electron chi connectivity index (χ2n) is 6.55. The molecule has 3 unspecified atom stereocenters. The number of carbonyl (C=O) groups excluding carboxylic acids is 2. The van der Waals surface area contributed by atoms with Gasteiger partial charge in [-0.05, 0) is 25.0 Å². The molecule has 1 aromatic carbocycles. The van der Waals surface area contributed by atoms with Crippen molar-refractivity contribution in [2.45, 2.75) is 37.6 Å². The number of nitrogens with one attached hydrogen (secondary N) is 1. The van der Waals surface area contributed by atoms with E-state index in [-0.39, 0.29) is 42.1 Å². The smallest absolute Gasteiger partial charge is 0.354 e. The third-order valence-electron chi connectivity index (χ3n) is 4.34. The predicted octanol–water partition coefficient (Wildman–Crippen LogP) is -1.52. The first-order valence-corrected chi connectivity index (χ1v) is 9.72. The number of nitrogens with two attached hydrogens (primary N) is 1. The molecule has 31 heavy (non-hydrogen) atoms. The van der Waals surface area contributed by atoms with E-state index < -0.39 is 48.6 Å². The minimum atomic E-state index is -2.26. The molecule has 0 aliphatic carbocycles. The molecule has 0 spiro atoms. The molecule has 2 amide bonds. The van der Waals surface area contributed by atoms with Gasteiger partial charge in [0.15, 0.2) is 0 Å². The largest absolute Gasteiger partial charge is 0.508 e. The van der Waals surface area contributed by atoms with Crippen LogP contribution in [0.4, 0.5) is 0 Å². The molecule has 3 atom stereocenters. The first-order valence-electron chi connectivity index (χ1n) is 9.09. The molecule has 172 valence electrons. The molecule has 1 aromatic rings. The van der Waals surface area contributed by atoms with E-state index in [1.54, 1.807) is 0 Å². The Morgan fingerprint density at radius 2 is 1.68 bits per heavy atom. The van der Waals surface area contributed by atoms with Gasteiger partial charge in [0.2, 0.25) is 18.0 Å². The monoisotopic (exact) mass is 459 g/mol. The van der Waals surface area contributed by atoms with Crippen LogP contribution < -0.4 is 11.1 Å². The number of nitrogens with zero attached hydrogens (tertiary/aromatic N) is 1. The van der Waals surface area contributed by atoms with Crippen LogP contribution in [0.2, 0.25) is 0 Å². The molecular weight excluding hydrogens is 434 g/mol. The van der Waals surface area contributed by atoms with Crippen LogP contribution in [-0.2, 0) is 25.6 Å². The fourth-order valence-electron chi connectivity index (χ4n) is 2.60. The third-order valence-corrected chi connectivity index (χ3v) is 4.71. The molecule has 0 radical (unpaired) electrons. The van der Waals surface area contributed by atoms with E-state index in [9.17, 15) is 34.5 Å². The minimum absolute atomic E-state index is 0.0343. The SMILES string of the molecule is NC(CCC(=O)NC(CS)C(=O)N(CCc1c(O)cccc1O)C(O)C(=O)O)C(=O)O. The van der Waals surface area contributed by atoms with E-state index in [1.165, 1.54) is 18.2 Å². The highest BCUT2D eigenvalue weighted by atomic mass is 32.1. The van der Waals surface area contributed by atoms with Gasteiger partial charge in [-0.15, -0.1) is 0 Å². The minimum Gasteiger partial charge on any atom is -0.508 e. The maximum Gasteiger partial charge on any atom is 0.354 e. The van der Waals surface area contributed by atoms with Crippen LogP contribution in [0, 0.1) is 0 Å². The summed E-state index contributed by atoms with van der Waals surface area (Å²) in [4.78, 5) is 47.3. The maximum absolute atomic E-state index is 12.8. The standard InChI is InChI=1S/C18H25N3O9S/c19-10(17(27)28)4-5-14(24)20-11(8-31)15(25)21(16(26)18(29)30)7-6-9-12(22)2-1-3-13(9)23/h1-3,10-11,16,22-23,26,31H,4-8,19H2,(H,20,24)(H,27,28)(H,29,30). The first kappa shape index (κ1) is 26.0. The number of carbonyl (C=O) groups is 4. The number of thiol groups is 1. The molecule has 0 heterocycles. The van der Waals surface area contributed by atoms with Crippen LogP contribution >= 0.6 is 12.6 Å². The van der Waals surface area contributed by atoms with Gasteiger partial charge in [0.1, 0.15) is 23.6 Å². The highest BCUT2D eigenvalue weighted by Gasteiger charge is 2.33. The van der Waals surface area contributed by atoms with Gasteiger partial charge in [0.25, 0.3) is 0 Å². The van der Waals surface area contributed by atoms with E-state index in [2.05, 4.69) is 17.9 Å². The number of hydrogen-bond donors (Lipinski definition) is 8. The van der Waals surface area contributed by atoms with Crippen LogP contribution in [0.5, 0.6) is 11.5 Å². The van der Waals surface area contributed by atoms with Crippen molar-refractivity contribution >= 4 is 36.4 Å². The van der Waals surface area contributed by atoms with E-state index >= 15 is 0 Å². The quantitative estimate of drug-likeness (QED) is 0.134. The Hall–Kier alpha value is -3.03. The molecule has 12 nitrogen and oxygen atoms in total. The van der Waals surface area contributed by atoms with Crippen molar-refractivity contribution in [2.24, 2.45) is 5.73 Å². The number of phenolic OH excluding ortho intramolecular Hbond substituents is 2. The van der Waals surface area contributed by atoms with Crippen LogP contribution in [0.1, 0.15) is 18.4 Å². The summed E-state index contributed by atoms with van der Waals surface area (Å²) >= 11 is 3.97. The number of phenols is 2. The lowest BCUT2D eigenvalue weighted by atomic mass is 10.1.